The monoisotopic (exact) mass is 358 g/mol. The highest BCUT2D eigenvalue weighted by Gasteiger charge is 2.09. The van der Waals surface area contributed by atoms with Gasteiger partial charge >= 0.3 is 0 Å². The molecule has 0 N–H and O–H groups in total. The van der Waals surface area contributed by atoms with Crippen molar-refractivity contribution in [1.82, 2.24) is 0 Å². The average Bonchev–Trinajstić information content (AvgIpc) is 2.76. The summed E-state index contributed by atoms with van der Waals surface area (Å²) in [6, 6.07) is 32.7. The first-order chi connectivity index (χ1) is 13.8. The van der Waals surface area contributed by atoms with Crippen LogP contribution in [0, 0.1) is 0 Å². The quantitative estimate of drug-likeness (QED) is 0.192. The van der Waals surface area contributed by atoms with Crippen LogP contribution in [0.3, 0.4) is 0 Å². The lowest BCUT2D eigenvalue weighted by Crippen LogP contribution is -1.95. The van der Waals surface area contributed by atoms with Crippen molar-refractivity contribution in [2.24, 2.45) is 0 Å². The third kappa shape index (κ3) is 2.78. The summed E-state index contributed by atoms with van der Waals surface area (Å²) < 4.78 is 0. The summed E-state index contributed by atoms with van der Waals surface area (Å²) in [4.78, 5) is 13.0. The lowest BCUT2D eigenvalue weighted by atomic mass is 9.95. The van der Waals surface area contributed by atoms with Crippen LogP contribution in [-0.2, 0) is 0 Å². The molecule has 5 aromatic carbocycles. The molecule has 0 saturated carbocycles. The first kappa shape index (κ1) is 16.5. The third-order valence-electron chi connectivity index (χ3n) is 5.27. The van der Waals surface area contributed by atoms with Crippen LogP contribution in [0.1, 0.15) is 15.9 Å². The SMILES string of the molecule is O=C(/C=C/c1c2ccccc2cc2ccccc12)c1cccc2ccccc12. The topological polar surface area (TPSA) is 17.1 Å². The summed E-state index contributed by atoms with van der Waals surface area (Å²) in [5, 5.41) is 6.74. The third-order valence-corrected chi connectivity index (χ3v) is 5.27. The molecule has 1 heteroatoms. The van der Waals surface area contributed by atoms with Gasteiger partial charge in [0.15, 0.2) is 5.78 Å². The molecule has 1 nitrogen and oxygen atoms in total. The minimum Gasteiger partial charge on any atom is -0.289 e. The maximum absolute atomic E-state index is 13.0. The molecule has 0 unspecified atom stereocenters. The number of hydrogen-bond donors (Lipinski definition) is 0. The smallest absolute Gasteiger partial charge is 0.186 e. The molecular formula is C27H18O. The number of rotatable bonds is 3. The van der Waals surface area contributed by atoms with E-state index in [1.165, 1.54) is 10.8 Å². The van der Waals surface area contributed by atoms with E-state index < -0.39 is 0 Å². The highest BCUT2D eigenvalue weighted by molar-refractivity contribution is 6.16. The van der Waals surface area contributed by atoms with Gasteiger partial charge in [0.25, 0.3) is 0 Å². The van der Waals surface area contributed by atoms with Gasteiger partial charge in [0.2, 0.25) is 0 Å². The van der Waals surface area contributed by atoms with Gasteiger partial charge in [-0.15, -0.1) is 0 Å². The molecule has 132 valence electrons. The van der Waals surface area contributed by atoms with E-state index in [0.717, 1.165) is 32.7 Å². The van der Waals surface area contributed by atoms with Crippen LogP contribution in [0.5, 0.6) is 0 Å². The molecule has 0 aliphatic heterocycles. The van der Waals surface area contributed by atoms with Gasteiger partial charge in [-0.1, -0.05) is 91.0 Å². The van der Waals surface area contributed by atoms with Gasteiger partial charge in [0.1, 0.15) is 0 Å². The Balaban J connectivity index is 1.66. The molecule has 0 bridgehead atoms. The Labute approximate surface area is 163 Å². The second kappa shape index (κ2) is 6.79. The van der Waals surface area contributed by atoms with Crippen LogP contribution in [0.4, 0.5) is 0 Å². The zero-order valence-electron chi connectivity index (χ0n) is 15.3. The van der Waals surface area contributed by atoms with Gasteiger partial charge in [-0.25, -0.2) is 0 Å². The number of fused-ring (bicyclic) bond motifs is 3. The minimum atomic E-state index is 0.0221. The molecule has 5 rings (SSSR count). The van der Waals surface area contributed by atoms with E-state index in [4.69, 9.17) is 0 Å². The molecule has 0 atom stereocenters. The lowest BCUT2D eigenvalue weighted by Gasteiger charge is -2.08. The molecule has 0 heterocycles. The second-order valence-electron chi connectivity index (χ2n) is 6.96. The largest absolute Gasteiger partial charge is 0.289 e. The Hall–Kier alpha value is -3.71. The number of carbonyl (C=O) groups is 1. The molecule has 0 aliphatic rings. The van der Waals surface area contributed by atoms with Gasteiger partial charge in [-0.3, -0.25) is 4.79 Å². The van der Waals surface area contributed by atoms with Crippen molar-refractivity contribution >= 4 is 44.2 Å². The molecule has 0 radical (unpaired) electrons. The number of carbonyl (C=O) groups excluding carboxylic acids is 1. The molecule has 0 aliphatic carbocycles. The lowest BCUT2D eigenvalue weighted by molar-refractivity contribution is 0.104. The van der Waals surface area contributed by atoms with Crippen molar-refractivity contribution in [2.45, 2.75) is 0 Å². The van der Waals surface area contributed by atoms with Gasteiger partial charge in [0.05, 0.1) is 0 Å². The molecule has 28 heavy (non-hydrogen) atoms. The first-order valence-electron chi connectivity index (χ1n) is 9.42. The minimum absolute atomic E-state index is 0.0221. The highest BCUT2D eigenvalue weighted by Crippen LogP contribution is 2.30. The molecular weight excluding hydrogens is 340 g/mol. The van der Waals surface area contributed by atoms with Gasteiger partial charge in [-0.05, 0) is 56.1 Å². The van der Waals surface area contributed by atoms with Crippen molar-refractivity contribution in [2.75, 3.05) is 0 Å². The molecule has 0 amide bonds. The average molecular weight is 358 g/mol. The molecule has 0 fully saturated rings. The summed E-state index contributed by atoms with van der Waals surface area (Å²) in [7, 11) is 0. The number of hydrogen-bond acceptors (Lipinski definition) is 1. The van der Waals surface area contributed by atoms with E-state index in [0.29, 0.717) is 0 Å². The maximum Gasteiger partial charge on any atom is 0.186 e. The molecule has 0 aromatic heterocycles. The standard InChI is InChI=1S/C27H18O/c28-27(26-15-7-11-19-8-1-4-12-22(19)26)17-16-25-23-13-5-2-9-20(23)18-21-10-3-6-14-24(21)25/h1-18H/b17-16+. The first-order valence-corrected chi connectivity index (χ1v) is 9.42. The molecule has 0 spiro atoms. The van der Waals surface area contributed by atoms with Gasteiger partial charge in [-0.2, -0.15) is 0 Å². The maximum atomic E-state index is 13.0. The van der Waals surface area contributed by atoms with Crippen LogP contribution in [0.25, 0.3) is 38.4 Å². The van der Waals surface area contributed by atoms with Crippen LogP contribution in [0.2, 0.25) is 0 Å². The zero-order chi connectivity index (χ0) is 18.9. The van der Waals surface area contributed by atoms with E-state index in [9.17, 15) is 4.79 Å². The predicted octanol–water partition coefficient (Wildman–Crippen LogP) is 7.04. The Morgan fingerprint density at radius 2 is 1.11 bits per heavy atom. The number of ketones is 1. The Morgan fingerprint density at radius 3 is 1.79 bits per heavy atom. The summed E-state index contributed by atoms with van der Waals surface area (Å²) in [6.07, 6.45) is 3.67. The fraction of sp³-hybridized carbons (Fsp3) is 0. The summed E-state index contributed by atoms with van der Waals surface area (Å²) in [5.41, 5.74) is 1.82. The number of benzene rings is 5. The summed E-state index contributed by atoms with van der Waals surface area (Å²) >= 11 is 0. The van der Waals surface area contributed by atoms with Crippen LogP contribution in [0.15, 0.2) is 103 Å². The fourth-order valence-electron chi connectivity index (χ4n) is 3.92. The highest BCUT2D eigenvalue weighted by atomic mass is 16.1. The van der Waals surface area contributed by atoms with E-state index in [1.54, 1.807) is 6.08 Å². The van der Waals surface area contributed by atoms with Crippen LogP contribution >= 0.6 is 0 Å². The van der Waals surface area contributed by atoms with Crippen molar-refractivity contribution in [3.63, 3.8) is 0 Å². The van der Waals surface area contributed by atoms with Crippen molar-refractivity contribution < 1.29 is 4.79 Å². The van der Waals surface area contributed by atoms with Crippen molar-refractivity contribution in [3.05, 3.63) is 114 Å². The Morgan fingerprint density at radius 1 is 0.571 bits per heavy atom. The van der Waals surface area contributed by atoms with E-state index in [2.05, 4.69) is 30.3 Å². The number of allylic oxidation sites excluding steroid dienone is 1. The van der Waals surface area contributed by atoms with Crippen LogP contribution < -0.4 is 0 Å². The van der Waals surface area contributed by atoms with Crippen LogP contribution in [-0.4, -0.2) is 5.78 Å². The van der Waals surface area contributed by atoms with Crippen molar-refractivity contribution in [1.29, 1.82) is 0 Å². The second-order valence-corrected chi connectivity index (χ2v) is 6.96. The normalized spacial score (nSPS) is 11.6. The van der Waals surface area contributed by atoms with E-state index in [1.807, 2.05) is 72.8 Å². The van der Waals surface area contributed by atoms with E-state index >= 15 is 0 Å². The zero-order valence-corrected chi connectivity index (χ0v) is 15.3. The van der Waals surface area contributed by atoms with Gasteiger partial charge in [0, 0.05) is 5.56 Å². The Bertz CT molecular complexity index is 1320. The summed E-state index contributed by atoms with van der Waals surface area (Å²) in [5.74, 6) is 0.0221. The van der Waals surface area contributed by atoms with E-state index in [-0.39, 0.29) is 5.78 Å². The Kier molecular flexibility index (Phi) is 3.99. The van der Waals surface area contributed by atoms with Gasteiger partial charge < -0.3 is 0 Å². The predicted molar refractivity (Wildman–Crippen MR) is 119 cm³/mol. The molecule has 0 saturated heterocycles. The summed E-state index contributed by atoms with van der Waals surface area (Å²) in [6.45, 7) is 0. The fourth-order valence-corrected chi connectivity index (χ4v) is 3.92. The van der Waals surface area contributed by atoms with Crippen molar-refractivity contribution in [3.8, 4) is 0 Å². The molecule has 5 aromatic rings.